The molecule has 0 atom stereocenters. The van der Waals surface area contributed by atoms with Crippen LogP contribution >= 0.6 is 11.8 Å². The van der Waals surface area contributed by atoms with Crippen LogP contribution in [0.15, 0.2) is 47.6 Å². The van der Waals surface area contributed by atoms with Crippen LogP contribution in [0.1, 0.15) is 12.5 Å². The fraction of sp³-hybridized carbons (Fsp3) is 0.250. The number of rotatable bonds is 5. The van der Waals surface area contributed by atoms with Crippen molar-refractivity contribution in [1.29, 1.82) is 0 Å². The predicted octanol–water partition coefficient (Wildman–Crippen LogP) is 3.12. The molecule has 0 aliphatic heterocycles. The number of nitrogens with zero attached hydrogens (tertiary/aromatic N) is 2. The van der Waals surface area contributed by atoms with Crippen LogP contribution in [0.2, 0.25) is 0 Å². The van der Waals surface area contributed by atoms with Crippen molar-refractivity contribution in [2.45, 2.75) is 18.9 Å². The van der Waals surface area contributed by atoms with E-state index in [1.54, 1.807) is 17.2 Å². The highest BCUT2D eigenvalue weighted by atomic mass is 32.2. The average Bonchev–Trinajstić information content (AvgIpc) is 2.49. The number of amides is 1. The van der Waals surface area contributed by atoms with Crippen molar-refractivity contribution in [2.24, 2.45) is 0 Å². The van der Waals surface area contributed by atoms with E-state index < -0.39 is 0 Å². The molecular formula is C16H19N3OS. The summed E-state index contributed by atoms with van der Waals surface area (Å²) in [5, 5.41) is 0.804. The van der Waals surface area contributed by atoms with Crippen LogP contribution in [0, 0.1) is 6.92 Å². The van der Waals surface area contributed by atoms with E-state index >= 15 is 0 Å². The van der Waals surface area contributed by atoms with Crippen LogP contribution in [-0.2, 0) is 4.79 Å². The number of pyridine rings is 1. The fourth-order valence-corrected chi connectivity index (χ4v) is 2.76. The second kappa shape index (κ2) is 7.13. The first kappa shape index (κ1) is 15.4. The van der Waals surface area contributed by atoms with Gasteiger partial charge in [-0.1, -0.05) is 30.0 Å². The minimum absolute atomic E-state index is 0.0791. The Bertz CT molecular complexity index is 613. The molecule has 0 radical (unpaired) electrons. The number of para-hydroxylation sites is 1. The number of nitrogens with two attached hydrogens (primary N) is 1. The highest BCUT2D eigenvalue weighted by molar-refractivity contribution is 7.99. The molecular weight excluding hydrogens is 282 g/mol. The second-order valence-electron chi connectivity index (χ2n) is 4.64. The highest BCUT2D eigenvalue weighted by Crippen LogP contribution is 2.22. The maximum absolute atomic E-state index is 12.4. The molecule has 2 rings (SSSR count). The summed E-state index contributed by atoms with van der Waals surface area (Å²) in [6.45, 7) is 4.65. The standard InChI is InChI=1S/C16H19N3OS/c1-3-19(14-7-5-4-6-12(14)2)16(20)11-21-15-9-8-13(17)10-18-15/h4-10H,3,11,17H2,1-2H3. The molecule has 0 spiro atoms. The number of anilines is 2. The van der Waals surface area contributed by atoms with Gasteiger partial charge in [-0.3, -0.25) is 4.79 Å². The fourth-order valence-electron chi connectivity index (χ4n) is 2.04. The van der Waals surface area contributed by atoms with E-state index in [4.69, 9.17) is 5.73 Å². The van der Waals surface area contributed by atoms with E-state index in [-0.39, 0.29) is 5.91 Å². The molecule has 2 aromatic rings. The zero-order valence-corrected chi connectivity index (χ0v) is 13.1. The van der Waals surface area contributed by atoms with Crippen molar-refractivity contribution in [3.8, 4) is 0 Å². The van der Waals surface area contributed by atoms with Crippen LogP contribution in [0.4, 0.5) is 11.4 Å². The lowest BCUT2D eigenvalue weighted by molar-refractivity contribution is -0.116. The summed E-state index contributed by atoms with van der Waals surface area (Å²) < 4.78 is 0. The third-order valence-corrected chi connectivity index (χ3v) is 4.05. The van der Waals surface area contributed by atoms with Gasteiger partial charge in [-0.05, 0) is 37.6 Å². The first-order valence-corrected chi connectivity index (χ1v) is 7.80. The van der Waals surface area contributed by atoms with Gasteiger partial charge in [0.2, 0.25) is 5.91 Å². The number of carbonyl (C=O) groups is 1. The number of benzene rings is 1. The number of nitrogen functional groups attached to an aromatic ring is 1. The molecule has 0 aliphatic carbocycles. The minimum Gasteiger partial charge on any atom is -0.397 e. The maximum atomic E-state index is 12.4. The number of carbonyl (C=O) groups excluding carboxylic acids is 1. The van der Waals surface area contributed by atoms with Crippen LogP contribution in [0.3, 0.4) is 0 Å². The van der Waals surface area contributed by atoms with E-state index in [1.807, 2.05) is 44.2 Å². The number of aromatic nitrogens is 1. The van der Waals surface area contributed by atoms with E-state index in [0.717, 1.165) is 16.3 Å². The van der Waals surface area contributed by atoms with Crippen LogP contribution < -0.4 is 10.6 Å². The van der Waals surface area contributed by atoms with Crippen LogP contribution in [-0.4, -0.2) is 23.2 Å². The normalized spacial score (nSPS) is 10.4. The Morgan fingerprint density at radius 1 is 1.29 bits per heavy atom. The molecule has 110 valence electrons. The number of aryl methyl sites for hydroxylation is 1. The van der Waals surface area contributed by atoms with Gasteiger partial charge in [-0.25, -0.2) is 4.98 Å². The van der Waals surface area contributed by atoms with Gasteiger partial charge in [0, 0.05) is 12.2 Å². The molecule has 1 aromatic carbocycles. The molecule has 21 heavy (non-hydrogen) atoms. The van der Waals surface area contributed by atoms with E-state index in [9.17, 15) is 4.79 Å². The number of hydrogen-bond donors (Lipinski definition) is 1. The molecule has 4 nitrogen and oxygen atoms in total. The smallest absolute Gasteiger partial charge is 0.237 e. The van der Waals surface area contributed by atoms with Crippen molar-refractivity contribution in [2.75, 3.05) is 22.9 Å². The lowest BCUT2D eigenvalue weighted by Gasteiger charge is -2.22. The average molecular weight is 301 g/mol. The molecule has 1 heterocycles. The molecule has 0 fully saturated rings. The first-order chi connectivity index (χ1) is 10.1. The van der Waals surface area contributed by atoms with Crippen molar-refractivity contribution in [3.63, 3.8) is 0 Å². The Morgan fingerprint density at radius 2 is 2.05 bits per heavy atom. The van der Waals surface area contributed by atoms with Gasteiger partial charge in [0.05, 0.1) is 22.7 Å². The Morgan fingerprint density at radius 3 is 2.67 bits per heavy atom. The van der Waals surface area contributed by atoms with Gasteiger partial charge >= 0.3 is 0 Å². The Hall–Kier alpha value is -2.01. The van der Waals surface area contributed by atoms with Crippen molar-refractivity contribution in [1.82, 2.24) is 4.98 Å². The minimum atomic E-state index is 0.0791. The Balaban J connectivity index is 2.04. The highest BCUT2D eigenvalue weighted by Gasteiger charge is 2.15. The maximum Gasteiger partial charge on any atom is 0.237 e. The first-order valence-electron chi connectivity index (χ1n) is 6.82. The monoisotopic (exact) mass is 301 g/mol. The lowest BCUT2D eigenvalue weighted by atomic mass is 10.2. The molecule has 0 saturated carbocycles. The molecule has 0 unspecified atom stereocenters. The summed E-state index contributed by atoms with van der Waals surface area (Å²) in [6.07, 6.45) is 1.60. The van der Waals surface area contributed by atoms with Gasteiger partial charge in [0.15, 0.2) is 0 Å². The third kappa shape index (κ3) is 3.98. The third-order valence-electron chi connectivity index (χ3n) is 3.13. The molecule has 0 bridgehead atoms. The van der Waals surface area contributed by atoms with E-state index in [2.05, 4.69) is 4.98 Å². The predicted molar refractivity (Wildman–Crippen MR) is 88.6 cm³/mol. The topological polar surface area (TPSA) is 59.2 Å². The van der Waals surface area contributed by atoms with Gasteiger partial charge in [-0.15, -0.1) is 0 Å². The van der Waals surface area contributed by atoms with Crippen LogP contribution in [0.25, 0.3) is 0 Å². The molecule has 1 amide bonds. The van der Waals surface area contributed by atoms with Crippen molar-refractivity contribution in [3.05, 3.63) is 48.2 Å². The van der Waals surface area contributed by atoms with Gasteiger partial charge in [-0.2, -0.15) is 0 Å². The molecule has 2 N–H and O–H groups in total. The zero-order chi connectivity index (χ0) is 15.2. The summed E-state index contributed by atoms with van der Waals surface area (Å²) in [5.74, 6) is 0.439. The van der Waals surface area contributed by atoms with Crippen LogP contribution in [0.5, 0.6) is 0 Å². The number of hydrogen-bond acceptors (Lipinski definition) is 4. The van der Waals surface area contributed by atoms with Gasteiger partial charge < -0.3 is 10.6 Å². The van der Waals surface area contributed by atoms with Crippen molar-refractivity contribution >= 4 is 29.0 Å². The second-order valence-corrected chi connectivity index (χ2v) is 5.64. The summed E-state index contributed by atoms with van der Waals surface area (Å²) in [5.41, 5.74) is 8.29. The van der Waals surface area contributed by atoms with E-state index in [1.165, 1.54) is 11.8 Å². The summed E-state index contributed by atoms with van der Waals surface area (Å²) >= 11 is 1.42. The molecule has 0 aliphatic rings. The zero-order valence-electron chi connectivity index (χ0n) is 12.2. The number of thioether (sulfide) groups is 1. The summed E-state index contributed by atoms with van der Waals surface area (Å²) in [7, 11) is 0. The van der Waals surface area contributed by atoms with Gasteiger partial charge in [0.25, 0.3) is 0 Å². The molecule has 1 aromatic heterocycles. The SMILES string of the molecule is CCN(C(=O)CSc1ccc(N)cn1)c1ccccc1C. The Kier molecular flexibility index (Phi) is 5.22. The quantitative estimate of drug-likeness (QED) is 0.862. The van der Waals surface area contributed by atoms with Gasteiger partial charge in [0.1, 0.15) is 0 Å². The lowest BCUT2D eigenvalue weighted by Crippen LogP contribution is -2.32. The largest absolute Gasteiger partial charge is 0.397 e. The Labute approximate surface area is 129 Å². The summed E-state index contributed by atoms with van der Waals surface area (Å²) in [6, 6.07) is 11.5. The van der Waals surface area contributed by atoms with Crippen molar-refractivity contribution < 1.29 is 4.79 Å². The molecule has 0 saturated heterocycles. The molecule has 5 heteroatoms. The van der Waals surface area contributed by atoms with E-state index in [0.29, 0.717) is 18.0 Å². The summed E-state index contributed by atoms with van der Waals surface area (Å²) in [4.78, 5) is 18.4.